The first-order chi connectivity index (χ1) is 9.01. The number of hydrogen-bond acceptors (Lipinski definition) is 7. The van der Waals surface area contributed by atoms with Crippen molar-refractivity contribution in [3.8, 4) is 0 Å². The molecular formula is C9H11N5O4S. The van der Waals surface area contributed by atoms with Gasteiger partial charge >= 0.3 is 5.97 Å². The summed E-state index contributed by atoms with van der Waals surface area (Å²) >= 11 is 1.15. The molecule has 0 bridgehead atoms. The minimum atomic E-state index is -1.55. The van der Waals surface area contributed by atoms with E-state index in [0.29, 0.717) is 0 Å². The Morgan fingerprint density at radius 2 is 2.32 bits per heavy atom. The standard InChI is InChI=1S/C9H11N5O4S/c1-19-9-11-2-4(6(13-9)8(17)18)7(16)5(15)3-12-14-10/h2,5,7,15-16H,3H2,1H3,(H,17,18). The molecule has 0 fully saturated rings. The Morgan fingerprint density at radius 3 is 2.84 bits per heavy atom. The largest absolute Gasteiger partial charge is 0.476 e. The number of aromatic nitrogens is 2. The zero-order chi connectivity index (χ0) is 14.4. The van der Waals surface area contributed by atoms with Gasteiger partial charge in [-0.2, -0.15) is 0 Å². The van der Waals surface area contributed by atoms with Crippen LogP contribution in [0.5, 0.6) is 0 Å². The lowest BCUT2D eigenvalue weighted by atomic mass is 10.0. The molecule has 9 nitrogen and oxygen atoms in total. The third-order valence-electron chi connectivity index (χ3n) is 2.20. The number of carboxylic acid groups (broad SMARTS) is 1. The molecule has 1 heterocycles. The number of aliphatic hydroxyl groups is 2. The molecule has 0 aromatic carbocycles. The van der Waals surface area contributed by atoms with Gasteiger partial charge in [-0.05, 0) is 11.8 Å². The summed E-state index contributed by atoms with van der Waals surface area (Å²) in [5, 5.41) is 31.7. The summed E-state index contributed by atoms with van der Waals surface area (Å²) in [4.78, 5) is 21.1. The van der Waals surface area contributed by atoms with Crippen molar-refractivity contribution in [2.24, 2.45) is 5.11 Å². The van der Waals surface area contributed by atoms with Crippen LogP contribution >= 0.6 is 11.8 Å². The van der Waals surface area contributed by atoms with E-state index in [9.17, 15) is 15.0 Å². The van der Waals surface area contributed by atoms with Crippen LogP contribution in [-0.4, -0.2) is 50.2 Å². The lowest BCUT2D eigenvalue weighted by molar-refractivity contribution is 0.0225. The van der Waals surface area contributed by atoms with E-state index in [0.717, 1.165) is 18.0 Å². The number of azide groups is 1. The van der Waals surface area contributed by atoms with E-state index in [1.807, 2.05) is 0 Å². The number of aliphatic hydroxyl groups excluding tert-OH is 2. The van der Waals surface area contributed by atoms with Gasteiger partial charge in [0.2, 0.25) is 0 Å². The first-order valence-corrected chi connectivity index (χ1v) is 6.25. The maximum atomic E-state index is 11.1. The van der Waals surface area contributed by atoms with Gasteiger partial charge in [-0.15, -0.1) is 0 Å². The van der Waals surface area contributed by atoms with Crippen molar-refractivity contribution in [2.75, 3.05) is 12.8 Å². The van der Waals surface area contributed by atoms with Gasteiger partial charge in [-0.25, -0.2) is 14.8 Å². The van der Waals surface area contributed by atoms with Crippen molar-refractivity contribution >= 4 is 17.7 Å². The molecule has 19 heavy (non-hydrogen) atoms. The molecule has 0 aliphatic heterocycles. The lowest BCUT2D eigenvalue weighted by Crippen LogP contribution is -2.24. The Hall–Kier alpha value is -1.87. The third kappa shape index (κ3) is 3.80. The molecule has 0 spiro atoms. The lowest BCUT2D eigenvalue weighted by Gasteiger charge is -2.17. The van der Waals surface area contributed by atoms with Crippen molar-refractivity contribution in [1.82, 2.24) is 9.97 Å². The zero-order valence-corrected chi connectivity index (χ0v) is 10.6. The molecule has 0 amide bonds. The number of hydrogen-bond donors (Lipinski definition) is 3. The van der Waals surface area contributed by atoms with Crippen molar-refractivity contribution in [3.05, 3.63) is 27.9 Å². The molecule has 0 aliphatic carbocycles. The summed E-state index contributed by atoms with van der Waals surface area (Å²) < 4.78 is 0. The summed E-state index contributed by atoms with van der Waals surface area (Å²) in [6.45, 7) is -0.388. The van der Waals surface area contributed by atoms with Crippen LogP contribution < -0.4 is 0 Å². The quantitative estimate of drug-likeness (QED) is 0.227. The Morgan fingerprint density at radius 1 is 1.63 bits per heavy atom. The monoisotopic (exact) mass is 285 g/mol. The normalized spacial score (nSPS) is 13.4. The number of aromatic carboxylic acids is 1. The molecule has 3 N–H and O–H groups in total. The molecule has 2 unspecified atom stereocenters. The summed E-state index contributed by atoms with van der Waals surface area (Å²) in [7, 11) is 0. The maximum absolute atomic E-state index is 11.1. The van der Waals surface area contributed by atoms with E-state index in [-0.39, 0.29) is 17.3 Å². The number of rotatable bonds is 6. The first-order valence-electron chi connectivity index (χ1n) is 5.02. The van der Waals surface area contributed by atoms with Crippen LogP contribution in [0.3, 0.4) is 0 Å². The highest BCUT2D eigenvalue weighted by atomic mass is 32.2. The van der Waals surface area contributed by atoms with E-state index in [1.54, 1.807) is 6.26 Å². The first kappa shape index (κ1) is 15.2. The highest BCUT2D eigenvalue weighted by Gasteiger charge is 2.25. The number of carboxylic acids is 1. The smallest absolute Gasteiger partial charge is 0.355 e. The fourth-order valence-electron chi connectivity index (χ4n) is 1.29. The Labute approximate surface area is 111 Å². The van der Waals surface area contributed by atoms with E-state index in [4.69, 9.17) is 10.6 Å². The summed E-state index contributed by atoms with van der Waals surface area (Å²) in [5.74, 6) is -1.34. The van der Waals surface area contributed by atoms with Crippen molar-refractivity contribution in [3.63, 3.8) is 0 Å². The molecule has 0 saturated carbocycles. The molecule has 102 valence electrons. The Kier molecular flexibility index (Phi) is 5.52. The SMILES string of the molecule is CSc1ncc(C(O)C(O)CN=[N+]=[N-])c(C(=O)O)n1. The van der Waals surface area contributed by atoms with Crippen LogP contribution in [-0.2, 0) is 0 Å². The van der Waals surface area contributed by atoms with Crippen LogP contribution in [0, 0.1) is 0 Å². The van der Waals surface area contributed by atoms with Gasteiger partial charge in [0.25, 0.3) is 0 Å². The Bertz CT molecular complexity index is 519. The van der Waals surface area contributed by atoms with Crippen LogP contribution in [0.4, 0.5) is 0 Å². The van der Waals surface area contributed by atoms with Crippen LogP contribution in [0.25, 0.3) is 10.4 Å². The van der Waals surface area contributed by atoms with E-state index >= 15 is 0 Å². The van der Waals surface area contributed by atoms with Gasteiger partial charge in [0, 0.05) is 16.7 Å². The van der Waals surface area contributed by atoms with E-state index in [1.165, 1.54) is 0 Å². The van der Waals surface area contributed by atoms with Gasteiger partial charge in [0.1, 0.15) is 6.10 Å². The van der Waals surface area contributed by atoms with Gasteiger partial charge in [-0.1, -0.05) is 16.9 Å². The minimum Gasteiger partial charge on any atom is -0.476 e. The van der Waals surface area contributed by atoms with Crippen molar-refractivity contribution in [1.29, 1.82) is 0 Å². The molecular weight excluding hydrogens is 274 g/mol. The maximum Gasteiger partial charge on any atom is 0.355 e. The second kappa shape index (κ2) is 6.90. The van der Waals surface area contributed by atoms with Crippen LogP contribution in [0.2, 0.25) is 0 Å². The molecule has 1 aromatic rings. The molecule has 10 heteroatoms. The van der Waals surface area contributed by atoms with Gasteiger partial charge in [-0.3, -0.25) is 0 Å². The number of nitrogens with zero attached hydrogens (tertiary/aromatic N) is 5. The summed E-state index contributed by atoms with van der Waals surface area (Å²) in [6, 6.07) is 0. The molecule has 0 saturated heterocycles. The highest BCUT2D eigenvalue weighted by molar-refractivity contribution is 7.98. The second-order valence-corrected chi connectivity index (χ2v) is 4.16. The summed E-state index contributed by atoms with van der Waals surface area (Å²) in [6.07, 6.45) is -0.176. The van der Waals surface area contributed by atoms with E-state index < -0.39 is 23.9 Å². The van der Waals surface area contributed by atoms with Gasteiger partial charge < -0.3 is 15.3 Å². The topological polar surface area (TPSA) is 152 Å². The van der Waals surface area contributed by atoms with Crippen molar-refractivity contribution in [2.45, 2.75) is 17.4 Å². The molecule has 1 rings (SSSR count). The zero-order valence-electron chi connectivity index (χ0n) is 9.83. The van der Waals surface area contributed by atoms with Gasteiger partial charge in [0.15, 0.2) is 10.9 Å². The average molecular weight is 285 g/mol. The highest BCUT2D eigenvalue weighted by Crippen LogP contribution is 2.21. The van der Waals surface area contributed by atoms with Crippen molar-refractivity contribution < 1.29 is 20.1 Å². The number of carbonyl (C=O) groups is 1. The Balaban J connectivity index is 3.11. The average Bonchev–Trinajstić information content (AvgIpc) is 2.43. The van der Waals surface area contributed by atoms with Crippen LogP contribution in [0.15, 0.2) is 16.5 Å². The predicted molar refractivity (Wildman–Crippen MR) is 65.8 cm³/mol. The van der Waals surface area contributed by atoms with Crippen LogP contribution in [0.1, 0.15) is 22.2 Å². The fourth-order valence-corrected chi connectivity index (χ4v) is 1.63. The molecule has 0 aliphatic rings. The second-order valence-electron chi connectivity index (χ2n) is 3.39. The van der Waals surface area contributed by atoms with E-state index in [2.05, 4.69) is 20.0 Å². The molecule has 2 atom stereocenters. The third-order valence-corrected chi connectivity index (χ3v) is 2.76. The number of thioether (sulfide) groups is 1. The molecule has 1 aromatic heterocycles. The minimum absolute atomic E-state index is 0.133. The predicted octanol–water partition coefficient (Wildman–Crippen LogP) is 0.601. The molecule has 0 radical (unpaired) electrons. The summed E-state index contributed by atoms with van der Waals surface area (Å²) in [5.41, 5.74) is 7.59. The van der Waals surface area contributed by atoms with Gasteiger partial charge in [0.05, 0.1) is 12.6 Å². The fraction of sp³-hybridized carbons (Fsp3) is 0.444.